The highest BCUT2D eigenvalue weighted by Gasteiger charge is 2.29. The zero-order chi connectivity index (χ0) is 12.8. The van der Waals surface area contributed by atoms with Crippen LogP contribution < -0.4 is 11.1 Å². The molecule has 0 aromatic carbocycles. The van der Waals surface area contributed by atoms with Crippen LogP contribution in [0.25, 0.3) is 0 Å². The maximum atomic E-state index is 11.7. The Morgan fingerprint density at radius 2 is 2.29 bits per heavy atom. The van der Waals surface area contributed by atoms with Crippen molar-refractivity contribution in [1.29, 1.82) is 0 Å². The van der Waals surface area contributed by atoms with Gasteiger partial charge in [-0.2, -0.15) is 0 Å². The van der Waals surface area contributed by atoms with Crippen molar-refractivity contribution in [1.82, 2.24) is 5.32 Å². The molecule has 17 heavy (non-hydrogen) atoms. The lowest BCUT2D eigenvalue weighted by atomic mass is 10.2. The fourth-order valence-electron chi connectivity index (χ4n) is 1.75. The van der Waals surface area contributed by atoms with Crippen molar-refractivity contribution < 1.29 is 13.7 Å². The standard InChI is InChI=1S/C11H22N2O3S/c1-8(17(2)15)5-6-13-11(14)10-4-3-9(7-12)16-10/h8-10H,3-7,12H2,1-2H3,(H,13,14). The number of hydrogen-bond donors (Lipinski definition) is 2. The summed E-state index contributed by atoms with van der Waals surface area (Å²) in [7, 11) is -0.833. The molecular weight excluding hydrogens is 240 g/mol. The highest BCUT2D eigenvalue weighted by molar-refractivity contribution is 7.84. The van der Waals surface area contributed by atoms with Gasteiger partial charge in [-0.15, -0.1) is 0 Å². The van der Waals surface area contributed by atoms with Gasteiger partial charge in [-0.25, -0.2) is 0 Å². The quantitative estimate of drug-likeness (QED) is 0.692. The van der Waals surface area contributed by atoms with E-state index in [-0.39, 0.29) is 23.4 Å². The minimum Gasteiger partial charge on any atom is -0.364 e. The van der Waals surface area contributed by atoms with Gasteiger partial charge in [0.1, 0.15) is 6.10 Å². The van der Waals surface area contributed by atoms with Crippen molar-refractivity contribution >= 4 is 16.7 Å². The highest BCUT2D eigenvalue weighted by atomic mass is 32.2. The smallest absolute Gasteiger partial charge is 0.249 e. The van der Waals surface area contributed by atoms with Crippen LogP contribution >= 0.6 is 0 Å². The average molecular weight is 262 g/mol. The van der Waals surface area contributed by atoms with Crippen molar-refractivity contribution in [2.24, 2.45) is 5.73 Å². The van der Waals surface area contributed by atoms with E-state index in [2.05, 4.69) is 5.32 Å². The topological polar surface area (TPSA) is 81.4 Å². The molecule has 100 valence electrons. The lowest BCUT2D eigenvalue weighted by Gasteiger charge is -2.13. The number of rotatable bonds is 6. The van der Waals surface area contributed by atoms with Crippen LogP contribution in [0.4, 0.5) is 0 Å². The van der Waals surface area contributed by atoms with Gasteiger partial charge in [-0.1, -0.05) is 6.92 Å². The Morgan fingerprint density at radius 3 is 2.82 bits per heavy atom. The van der Waals surface area contributed by atoms with Gasteiger partial charge in [0.05, 0.1) is 6.10 Å². The van der Waals surface area contributed by atoms with Gasteiger partial charge in [-0.3, -0.25) is 9.00 Å². The average Bonchev–Trinajstić information content (AvgIpc) is 2.77. The van der Waals surface area contributed by atoms with E-state index in [0.29, 0.717) is 13.1 Å². The summed E-state index contributed by atoms with van der Waals surface area (Å²) in [5.74, 6) is -0.0740. The van der Waals surface area contributed by atoms with E-state index in [9.17, 15) is 9.00 Å². The summed E-state index contributed by atoms with van der Waals surface area (Å²) in [4.78, 5) is 11.7. The SMILES string of the molecule is CC(CCNC(=O)C1CCC(CN)O1)S(C)=O. The first kappa shape index (κ1) is 14.6. The second-order valence-electron chi connectivity index (χ2n) is 4.45. The monoisotopic (exact) mass is 262 g/mol. The van der Waals surface area contributed by atoms with E-state index in [1.807, 2.05) is 6.92 Å². The van der Waals surface area contributed by atoms with E-state index in [1.54, 1.807) is 6.26 Å². The Morgan fingerprint density at radius 1 is 1.59 bits per heavy atom. The van der Waals surface area contributed by atoms with Crippen LogP contribution in [0.3, 0.4) is 0 Å². The van der Waals surface area contributed by atoms with E-state index in [1.165, 1.54) is 0 Å². The Bertz CT molecular complexity index is 286. The summed E-state index contributed by atoms with van der Waals surface area (Å²) in [5.41, 5.74) is 5.48. The summed E-state index contributed by atoms with van der Waals surface area (Å²) in [6.45, 7) is 2.93. The molecule has 1 heterocycles. The van der Waals surface area contributed by atoms with Crippen molar-refractivity contribution in [3.63, 3.8) is 0 Å². The van der Waals surface area contributed by atoms with Crippen LogP contribution in [-0.4, -0.2) is 46.9 Å². The van der Waals surface area contributed by atoms with Gasteiger partial charge >= 0.3 is 0 Å². The van der Waals surface area contributed by atoms with Crippen LogP contribution in [-0.2, 0) is 20.3 Å². The van der Waals surface area contributed by atoms with Crippen molar-refractivity contribution in [2.45, 2.75) is 43.6 Å². The molecule has 0 radical (unpaired) electrons. The second kappa shape index (κ2) is 7.08. The largest absolute Gasteiger partial charge is 0.364 e. The van der Waals surface area contributed by atoms with Crippen LogP contribution in [0.2, 0.25) is 0 Å². The highest BCUT2D eigenvalue weighted by Crippen LogP contribution is 2.18. The Balaban J connectivity index is 2.20. The second-order valence-corrected chi connectivity index (χ2v) is 6.25. The lowest BCUT2D eigenvalue weighted by Crippen LogP contribution is -2.37. The van der Waals surface area contributed by atoms with Crippen LogP contribution in [0.1, 0.15) is 26.2 Å². The number of carbonyl (C=O) groups excluding carboxylic acids is 1. The molecule has 0 aromatic heterocycles. The third-order valence-corrected chi connectivity index (χ3v) is 4.45. The molecule has 0 saturated carbocycles. The molecule has 1 aliphatic heterocycles. The molecule has 1 fully saturated rings. The fourth-order valence-corrected chi connectivity index (χ4v) is 2.20. The molecule has 6 heteroatoms. The first-order chi connectivity index (χ1) is 8.04. The number of carbonyl (C=O) groups is 1. The number of nitrogens with two attached hydrogens (primary N) is 1. The summed E-state index contributed by atoms with van der Waals surface area (Å²) in [5, 5.41) is 2.92. The number of ether oxygens (including phenoxy) is 1. The summed E-state index contributed by atoms with van der Waals surface area (Å²) < 4.78 is 16.6. The molecule has 0 aromatic rings. The van der Waals surface area contributed by atoms with Gasteiger partial charge < -0.3 is 15.8 Å². The van der Waals surface area contributed by atoms with Crippen molar-refractivity contribution in [3.8, 4) is 0 Å². The van der Waals surface area contributed by atoms with Gasteiger partial charge in [0.15, 0.2) is 0 Å². The Labute approximate surface area is 105 Å². The molecule has 3 N–H and O–H groups in total. The maximum Gasteiger partial charge on any atom is 0.249 e. The van der Waals surface area contributed by atoms with E-state index in [4.69, 9.17) is 10.5 Å². The fraction of sp³-hybridized carbons (Fsp3) is 0.909. The van der Waals surface area contributed by atoms with Gasteiger partial charge in [0.25, 0.3) is 0 Å². The van der Waals surface area contributed by atoms with E-state index < -0.39 is 10.8 Å². The van der Waals surface area contributed by atoms with Crippen LogP contribution in [0.15, 0.2) is 0 Å². The van der Waals surface area contributed by atoms with Crippen molar-refractivity contribution in [2.75, 3.05) is 19.3 Å². The first-order valence-electron chi connectivity index (χ1n) is 6.00. The van der Waals surface area contributed by atoms with Gasteiger partial charge in [0, 0.05) is 35.4 Å². The molecule has 1 saturated heterocycles. The molecule has 0 aliphatic carbocycles. The molecule has 0 bridgehead atoms. The zero-order valence-electron chi connectivity index (χ0n) is 10.5. The molecule has 5 nitrogen and oxygen atoms in total. The molecule has 4 unspecified atom stereocenters. The molecule has 1 aliphatic rings. The summed E-state index contributed by atoms with van der Waals surface area (Å²) >= 11 is 0. The third-order valence-electron chi connectivity index (χ3n) is 3.08. The number of nitrogens with one attached hydrogen (secondary N) is 1. The number of amides is 1. The molecule has 0 spiro atoms. The molecule has 1 rings (SSSR count). The molecular formula is C11H22N2O3S. The van der Waals surface area contributed by atoms with Gasteiger partial charge in [-0.05, 0) is 19.3 Å². The summed E-state index contributed by atoms with van der Waals surface area (Å²) in [6, 6.07) is 0. The Hall–Kier alpha value is -0.460. The maximum absolute atomic E-state index is 11.7. The zero-order valence-corrected chi connectivity index (χ0v) is 11.3. The summed E-state index contributed by atoms with van der Waals surface area (Å²) in [6.07, 6.45) is 3.66. The van der Waals surface area contributed by atoms with Crippen LogP contribution in [0, 0.1) is 0 Å². The van der Waals surface area contributed by atoms with Crippen molar-refractivity contribution in [3.05, 3.63) is 0 Å². The predicted octanol–water partition coefficient (Wildman–Crippen LogP) is -0.234. The molecule has 4 atom stereocenters. The van der Waals surface area contributed by atoms with E-state index in [0.717, 1.165) is 19.3 Å². The normalized spacial score (nSPS) is 27.7. The minimum atomic E-state index is -0.833. The molecule has 1 amide bonds. The lowest BCUT2D eigenvalue weighted by molar-refractivity contribution is -0.131. The third kappa shape index (κ3) is 4.73. The Kier molecular flexibility index (Phi) is 6.08. The predicted molar refractivity (Wildman–Crippen MR) is 68.1 cm³/mol. The van der Waals surface area contributed by atoms with E-state index >= 15 is 0 Å². The minimum absolute atomic E-state index is 0.0211. The number of hydrogen-bond acceptors (Lipinski definition) is 4. The van der Waals surface area contributed by atoms with Gasteiger partial charge in [0.2, 0.25) is 5.91 Å². The van der Waals surface area contributed by atoms with Crippen LogP contribution in [0.5, 0.6) is 0 Å². The first-order valence-corrected chi connectivity index (χ1v) is 7.62.